The summed E-state index contributed by atoms with van der Waals surface area (Å²) in [6.45, 7) is 3.30. The van der Waals surface area contributed by atoms with Gasteiger partial charge in [0.05, 0.1) is 11.4 Å². The Balaban J connectivity index is 2.88. The summed E-state index contributed by atoms with van der Waals surface area (Å²) in [6, 6.07) is 7.92. The molecule has 0 aliphatic carbocycles. The van der Waals surface area contributed by atoms with Crippen molar-refractivity contribution in [3.05, 3.63) is 30.3 Å². The first-order valence-electron chi connectivity index (χ1n) is 4.06. The highest BCUT2D eigenvalue weighted by molar-refractivity contribution is 7.61. The van der Waals surface area contributed by atoms with Crippen LogP contribution in [-0.4, -0.2) is 6.10 Å². The fourth-order valence-corrected chi connectivity index (χ4v) is 2.13. The van der Waals surface area contributed by atoms with Gasteiger partial charge >= 0.3 is 7.68 Å². The van der Waals surface area contributed by atoms with Gasteiger partial charge in [-0.2, -0.15) is 4.20 Å². The third kappa shape index (κ3) is 2.94. The van der Waals surface area contributed by atoms with Gasteiger partial charge in [0.25, 0.3) is 0 Å². The Morgan fingerprint density at radius 2 is 1.85 bits per heavy atom. The van der Waals surface area contributed by atoms with Crippen LogP contribution in [0.15, 0.2) is 30.3 Å². The Hall–Kier alpha value is -0.660. The summed E-state index contributed by atoms with van der Waals surface area (Å²) in [5, 5.41) is 0.115. The average Bonchev–Trinajstić information content (AvgIpc) is 2.04. The number of hydrogen-bond donors (Lipinski definition) is 0. The first-order chi connectivity index (χ1) is 6.02. The second kappa shape index (κ2) is 4.03. The van der Waals surface area contributed by atoms with Crippen LogP contribution in [0.5, 0.6) is 0 Å². The second-order valence-electron chi connectivity index (χ2n) is 2.97. The molecule has 1 aromatic rings. The monoisotopic (exact) mass is 202 g/mol. The molecular formula is C9H12FO2P. The molecule has 0 saturated heterocycles. The molecule has 4 heteroatoms. The van der Waals surface area contributed by atoms with Gasteiger partial charge in [-0.05, 0) is 26.0 Å². The maximum Gasteiger partial charge on any atom is 0.397 e. The minimum absolute atomic E-state index is 0.115. The van der Waals surface area contributed by atoms with Crippen molar-refractivity contribution in [2.24, 2.45) is 0 Å². The molecule has 0 aliphatic heterocycles. The van der Waals surface area contributed by atoms with Gasteiger partial charge in [0.15, 0.2) is 0 Å². The van der Waals surface area contributed by atoms with E-state index in [4.69, 9.17) is 4.52 Å². The maximum absolute atomic E-state index is 13.4. The topological polar surface area (TPSA) is 26.3 Å². The van der Waals surface area contributed by atoms with Crippen LogP contribution in [0.2, 0.25) is 0 Å². The van der Waals surface area contributed by atoms with Crippen LogP contribution in [0.3, 0.4) is 0 Å². The SMILES string of the molecule is CC(C)O[P@@](=O)(F)c1ccccc1. The fourth-order valence-electron chi connectivity index (χ4n) is 0.938. The molecule has 0 saturated carbocycles. The molecule has 0 amide bonds. The summed E-state index contributed by atoms with van der Waals surface area (Å²) in [5.41, 5.74) is 0. The van der Waals surface area contributed by atoms with Crippen LogP contribution in [0.1, 0.15) is 13.8 Å². The molecule has 0 fully saturated rings. The van der Waals surface area contributed by atoms with E-state index >= 15 is 0 Å². The molecule has 1 rings (SSSR count). The number of halogens is 1. The minimum atomic E-state index is -4.10. The van der Waals surface area contributed by atoms with Crippen molar-refractivity contribution < 1.29 is 13.3 Å². The molecule has 0 heterocycles. The van der Waals surface area contributed by atoms with E-state index in [1.807, 2.05) is 0 Å². The van der Waals surface area contributed by atoms with E-state index in [-0.39, 0.29) is 11.4 Å². The van der Waals surface area contributed by atoms with Gasteiger partial charge < -0.3 is 0 Å². The number of hydrogen-bond acceptors (Lipinski definition) is 2. The first kappa shape index (κ1) is 10.4. The summed E-state index contributed by atoms with van der Waals surface area (Å²) in [5.74, 6) is 0. The van der Waals surface area contributed by atoms with E-state index in [1.54, 1.807) is 32.0 Å². The van der Waals surface area contributed by atoms with E-state index in [9.17, 15) is 8.76 Å². The van der Waals surface area contributed by atoms with Crippen molar-refractivity contribution in [3.63, 3.8) is 0 Å². The Morgan fingerprint density at radius 1 is 1.31 bits per heavy atom. The molecule has 1 atom stereocenters. The zero-order valence-electron chi connectivity index (χ0n) is 7.61. The summed E-state index contributed by atoms with van der Waals surface area (Å²) in [6.07, 6.45) is -0.379. The summed E-state index contributed by atoms with van der Waals surface area (Å²) in [4.78, 5) is 0. The van der Waals surface area contributed by atoms with Crippen molar-refractivity contribution in [2.75, 3.05) is 0 Å². The smallest absolute Gasteiger partial charge is 0.299 e. The van der Waals surface area contributed by atoms with Gasteiger partial charge in [-0.15, -0.1) is 0 Å². The number of rotatable bonds is 3. The maximum atomic E-state index is 13.4. The van der Waals surface area contributed by atoms with Gasteiger partial charge in [0.1, 0.15) is 0 Å². The third-order valence-corrected chi connectivity index (χ3v) is 3.02. The van der Waals surface area contributed by atoms with E-state index in [0.717, 1.165) is 0 Å². The third-order valence-electron chi connectivity index (χ3n) is 1.41. The summed E-state index contributed by atoms with van der Waals surface area (Å²) in [7, 11) is -4.10. The summed E-state index contributed by atoms with van der Waals surface area (Å²) < 4.78 is 29.5. The van der Waals surface area contributed by atoms with Crippen LogP contribution in [0.4, 0.5) is 4.20 Å². The van der Waals surface area contributed by atoms with Crippen LogP contribution in [-0.2, 0) is 9.09 Å². The van der Waals surface area contributed by atoms with Crippen LogP contribution in [0, 0.1) is 0 Å². The summed E-state index contributed by atoms with van der Waals surface area (Å²) >= 11 is 0. The molecule has 0 aromatic heterocycles. The molecule has 0 spiro atoms. The van der Waals surface area contributed by atoms with Crippen LogP contribution >= 0.6 is 7.68 Å². The molecule has 1 aromatic carbocycles. The highest BCUT2D eigenvalue weighted by atomic mass is 31.2. The lowest BCUT2D eigenvalue weighted by molar-refractivity contribution is 0.230. The lowest BCUT2D eigenvalue weighted by Crippen LogP contribution is -2.07. The molecule has 0 unspecified atom stereocenters. The lowest BCUT2D eigenvalue weighted by Gasteiger charge is -2.12. The molecule has 0 N–H and O–H groups in total. The normalized spacial score (nSPS) is 15.7. The van der Waals surface area contributed by atoms with Crippen molar-refractivity contribution >= 4 is 13.0 Å². The van der Waals surface area contributed by atoms with Crippen LogP contribution < -0.4 is 5.30 Å². The van der Waals surface area contributed by atoms with Crippen molar-refractivity contribution in [2.45, 2.75) is 20.0 Å². The van der Waals surface area contributed by atoms with E-state index < -0.39 is 7.68 Å². The van der Waals surface area contributed by atoms with Gasteiger partial charge in [0, 0.05) is 0 Å². The van der Waals surface area contributed by atoms with Gasteiger partial charge in [-0.25, -0.2) is 4.57 Å². The van der Waals surface area contributed by atoms with E-state index in [2.05, 4.69) is 0 Å². The zero-order chi connectivity index (χ0) is 9.90. The lowest BCUT2D eigenvalue weighted by atomic mass is 10.4. The quantitative estimate of drug-likeness (QED) is 0.704. The molecule has 2 nitrogen and oxygen atoms in total. The average molecular weight is 202 g/mol. The van der Waals surface area contributed by atoms with Crippen LogP contribution in [0.25, 0.3) is 0 Å². The Bertz CT molecular complexity index is 311. The highest BCUT2D eigenvalue weighted by Crippen LogP contribution is 2.48. The molecule has 0 bridgehead atoms. The minimum Gasteiger partial charge on any atom is -0.299 e. The molecule has 0 aliphatic rings. The van der Waals surface area contributed by atoms with Crippen molar-refractivity contribution in [1.82, 2.24) is 0 Å². The Kier molecular flexibility index (Phi) is 3.23. The molecule has 13 heavy (non-hydrogen) atoms. The largest absolute Gasteiger partial charge is 0.397 e. The van der Waals surface area contributed by atoms with Gasteiger partial charge in [-0.1, -0.05) is 18.2 Å². The van der Waals surface area contributed by atoms with Gasteiger partial charge in [-0.3, -0.25) is 4.52 Å². The standard InChI is InChI=1S/C9H12FO2P/c1-8(2)12-13(10,11)9-6-4-3-5-7-9/h3-8H,1-2H3/t13-/m1/s1. The van der Waals surface area contributed by atoms with Crippen molar-refractivity contribution in [1.29, 1.82) is 0 Å². The first-order valence-corrected chi connectivity index (χ1v) is 5.57. The number of benzene rings is 1. The van der Waals surface area contributed by atoms with Crippen molar-refractivity contribution in [3.8, 4) is 0 Å². The second-order valence-corrected chi connectivity index (χ2v) is 4.66. The molecular weight excluding hydrogens is 190 g/mol. The molecule has 72 valence electrons. The zero-order valence-corrected chi connectivity index (χ0v) is 8.50. The molecule has 0 radical (unpaired) electrons. The predicted octanol–water partition coefficient (Wildman–Crippen LogP) is 2.90. The Labute approximate surface area is 77.3 Å². The highest BCUT2D eigenvalue weighted by Gasteiger charge is 2.25. The predicted molar refractivity (Wildman–Crippen MR) is 51.0 cm³/mol. The van der Waals surface area contributed by atoms with Gasteiger partial charge in [0.2, 0.25) is 0 Å². The van der Waals surface area contributed by atoms with E-state index in [0.29, 0.717) is 0 Å². The Morgan fingerprint density at radius 3 is 2.31 bits per heavy atom. The van der Waals surface area contributed by atoms with E-state index in [1.165, 1.54) is 12.1 Å². The fraction of sp³-hybridized carbons (Fsp3) is 0.333.